The lowest BCUT2D eigenvalue weighted by Gasteiger charge is -2.11. The van der Waals surface area contributed by atoms with Crippen molar-refractivity contribution in [2.75, 3.05) is 26.4 Å². The third kappa shape index (κ3) is 9.38. The first-order valence-corrected chi connectivity index (χ1v) is 13.3. The molecule has 0 heterocycles. The maximum Gasteiger partial charge on any atom is 0.185 e. The number of benzene rings is 3. The second kappa shape index (κ2) is 16.7. The summed E-state index contributed by atoms with van der Waals surface area (Å²) in [5, 5.41) is 0. The Morgan fingerprint density at radius 1 is 0.524 bits per heavy atom. The fraction of sp³-hybridized carbons (Fsp3) is 0.111. The molecule has 0 bridgehead atoms. The second-order valence-electron chi connectivity index (χ2n) is 8.79. The molecule has 0 amide bonds. The van der Waals surface area contributed by atoms with Crippen molar-refractivity contribution in [3.63, 3.8) is 0 Å². The summed E-state index contributed by atoms with van der Waals surface area (Å²) >= 11 is 0. The van der Waals surface area contributed by atoms with Crippen LogP contribution in [0.1, 0.15) is 31.8 Å². The van der Waals surface area contributed by atoms with Crippen LogP contribution in [0.25, 0.3) is 12.2 Å². The monoisotopic (exact) mass is 562 g/mol. The van der Waals surface area contributed by atoms with Crippen LogP contribution in [-0.4, -0.2) is 38.0 Å². The van der Waals surface area contributed by atoms with Crippen molar-refractivity contribution in [3.8, 4) is 23.0 Å². The zero-order valence-electron chi connectivity index (χ0n) is 23.5. The SMILES string of the molecule is C=CCOc1ccc(/C=C/C(=O)c2cccc(C(=O)/C=C/c3ccc(OCC=C)c(OCC=C)c3)c2)cc1OCC=C. The van der Waals surface area contributed by atoms with Crippen LogP contribution in [0, 0.1) is 0 Å². The van der Waals surface area contributed by atoms with Gasteiger partial charge in [0.2, 0.25) is 0 Å². The van der Waals surface area contributed by atoms with Gasteiger partial charge in [0.15, 0.2) is 34.6 Å². The summed E-state index contributed by atoms with van der Waals surface area (Å²) in [6.45, 7) is 16.0. The van der Waals surface area contributed by atoms with Gasteiger partial charge in [-0.2, -0.15) is 0 Å². The second-order valence-corrected chi connectivity index (χ2v) is 8.79. The average molecular weight is 563 g/mol. The molecule has 0 N–H and O–H groups in total. The van der Waals surface area contributed by atoms with E-state index in [9.17, 15) is 9.59 Å². The zero-order chi connectivity index (χ0) is 30.2. The van der Waals surface area contributed by atoms with Gasteiger partial charge in [0.25, 0.3) is 0 Å². The van der Waals surface area contributed by atoms with Crippen LogP contribution in [0.5, 0.6) is 23.0 Å². The lowest BCUT2D eigenvalue weighted by Crippen LogP contribution is -2.01. The lowest BCUT2D eigenvalue weighted by molar-refractivity contribution is 0.104. The summed E-state index contributed by atoms with van der Waals surface area (Å²) in [6.07, 6.45) is 12.8. The average Bonchev–Trinajstić information content (AvgIpc) is 3.02. The van der Waals surface area contributed by atoms with Crippen molar-refractivity contribution in [3.05, 3.63) is 146 Å². The molecule has 0 saturated heterocycles. The van der Waals surface area contributed by atoms with E-state index in [0.29, 0.717) is 60.6 Å². The zero-order valence-corrected chi connectivity index (χ0v) is 23.5. The van der Waals surface area contributed by atoms with Crippen LogP contribution < -0.4 is 18.9 Å². The molecule has 3 aromatic carbocycles. The number of hydrogen-bond acceptors (Lipinski definition) is 6. The molecule has 0 aliphatic rings. The largest absolute Gasteiger partial charge is 0.486 e. The highest BCUT2D eigenvalue weighted by Gasteiger charge is 2.10. The van der Waals surface area contributed by atoms with E-state index in [0.717, 1.165) is 11.1 Å². The molecule has 6 heteroatoms. The van der Waals surface area contributed by atoms with Crippen molar-refractivity contribution in [2.24, 2.45) is 0 Å². The Labute approximate surface area is 247 Å². The van der Waals surface area contributed by atoms with E-state index in [1.807, 2.05) is 12.1 Å². The molecule has 3 rings (SSSR count). The topological polar surface area (TPSA) is 71.1 Å². The summed E-state index contributed by atoms with van der Waals surface area (Å²) in [7, 11) is 0. The minimum absolute atomic E-state index is 0.242. The van der Waals surface area contributed by atoms with Gasteiger partial charge in [-0.25, -0.2) is 0 Å². The van der Waals surface area contributed by atoms with Crippen molar-refractivity contribution >= 4 is 23.7 Å². The fourth-order valence-corrected chi connectivity index (χ4v) is 3.68. The molecule has 0 aromatic heterocycles. The maximum absolute atomic E-state index is 12.9. The molecule has 0 fully saturated rings. The molecule has 0 aliphatic heterocycles. The van der Waals surface area contributed by atoms with Crippen LogP contribution >= 0.6 is 0 Å². The molecule has 0 atom stereocenters. The molecule has 3 aromatic rings. The van der Waals surface area contributed by atoms with E-state index >= 15 is 0 Å². The van der Waals surface area contributed by atoms with E-state index in [2.05, 4.69) is 26.3 Å². The van der Waals surface area contributed by atoms with Crippen molar-refractivity contribution < 1.29 is 28.5 Å². The van der Waals surface area contributed by atoms with E-state index in [4.69, 9.17) is 18.9 Å². The van der Waals surface area contributed by atoms with Gasteiger partial charge < -0.3 is 18.9 Å². The smallest absolute Gasteiger partial charge is 0.185 e. The molecule has 0 radical (unpaired) electrons. The number of carbonyl (C=O) groups excluding carboxylic acids is 2. The Hall–Kier alpha value is -5.36. The molecule has 6 nitrogen and oxygen atoms in total. The maximum atomic E-state index is 12.9. The Bertz CT molecular complexity index is 1390. The molecule has 42 heavy (non-hydrogen) atoms. The van der Waals surface area contributed by atoms with Gasteiger partial charge in [0.1, 0.15) is 26.4 Å². The molecule has 0 unspecified atom stereocenters. The number of hydrogen-bond donors (Lipinski definition) is 0. The summed E-state index contributed by atoms with van der Waals surface area (Å²) in [5.41, 5.74) is 2.29. The number of rotatable bonds is 18. The molecular weight excluding hydrogens is 528 g/mol. The van der Waals surface area contributed by atoms with Crippen LogP contribution in [0.4, 0.5) is 0 Å². The lowest BCUT2D eigenvalue weighted by atomic mass is 10.0. The summed E-state index contributed by atoms with van der Waals surface area (Å²) in [5.74, 6) is 1.71. The van der Waals surface area contributed by atoms with Crippen LogP contribution in [0.15, 0.2) is 123 Å². The van der Waals surface area contributed by atoms with Crippen LogP contribution in [-0.2, 0) is 0 Å². The minimum atomic E-state index is -0.242. The van der Waals surface area contributed by atoms with Gasteiger partial charge in [-0.1, -0.05) is 93.1 Å². The van der Waals surface area contributed by atoms with Crippen LogP contribution in [0.3, 0.4) is 0 Å². The first-order chi connectivity index (χ1) is 20.5. The highest BCUT2D eigenvalue weighted by molar-refractivity contribution is 6.11. The van der Waals surface area contributed by atoms with E-state index in [1.54, 1.807) is 85.0 Å². The van der Waals surface area contributed by atoms with E-state index in [1.165, 1.54) is 12.2 Å². The van der Waals surface area contributed by atoms with Crippen molar-refractivity contribution in [1.82, 2.24) is 0 Å². The van der Waals surface area contributed by atoms with Gasteiger partial charge in [-0.05, 0) is 53.6 Å². The number of carbonyl (C=O) groups is 2. The Morgan fingerprint density at radius 2 is 0.905 bits per heavy atom. The Kier molecular flexibility index (Phi) is 12.4. The highest BCUT2D eigenvalue weighted by atomic mass is 16.5. The fourth-order valence-electron chi connectivity index (χ4n) is 3.68. The highest BCUT2D eigenvalue weighted by Crippen LogP contribution is 2.30. The van der Waals surface area contributed by atoms with Gasteiger partial charge in [-0.15, -0.1) is 0 Å². The predicted molar refractivity (Wildman–Crippen MR) is 169 cm³/mol. The third-order valence-electron chi connectivity index (χ3n) is 5.65. The number of ketones is 2. The number of ether oxygens (including phenoxy) is 4. The van der Waals surface area contributed by atoms with E-state index in [-0.39, 0.29) is 11.6 Å². The molecule has 0 aliphatic carbocycles. The summed E-state index contributed by atoms with van der Waals surface area (Å²) in [4.78, 5) is 25.9. The van der Waals surface area contributed by atoms with Gasteiger partial charge in [-0.3, -0.25) is 9.59 Å². The normalized spacial score (nSPS) is 10.7. The Morgan fingerprint density at radius 3 is 1.29 bits per heavy atom. The third-order valence-corrected chi connectivity index (χ3v) is 5.65. The summed E-state index contributed by atoms with van der Waals surface area (Å²) in [6, 6.07) is 17.3. The molecular formula is C36H34O6. The first kappa shape index (κ1) is 31.2. The van der Waals surface area contributed by atoms with Crippen molar-refractivity contribution in [2.45, 2.75) is 0 Å². The first-order valence-electron chi connectivity index (χ1n) is 13.3. The van der Waals surface area contributed by atoms with E-state index < -0.39 is 0 Å². The van der Waals surface area contributed by atoms with Gasteiger partial charge >= 0.3 is 0 Å². The summed E-state index contributed by atoms with van der Waals surface area (Å²) < 4.78 is 22.7. The van der Waals surface area contributed by atoms with Gasteiger partial charge in [0, 0.05) is 11.1 Å². The minimum Gasteiger partial charge on any atom is -0.486 e. The predicted octanol–water partition coefficient (Wildman–Crippen LogP) is 7.74. The van der Waals surface area contributed by atoms with Crippen LogP contribution in [0.2, 0.25) is 0 Å². The molecule has 0 saturated carbocycles. The quantitative estimate of drug-likeness (QED) is 0.0897. The van der Waals surface area contributed by atoms with Crippen molar-refractivity contribution in [1.29, 1.82) is 0 Å². The van der Waals surface area contributed by atoms with Gasteiger partial charge in [0.05, 0.1) is 0 Å². The number of allylic oxidation sites excluding steroid dienone is 2. The molecule has 0 spiro atoms. The standard InChI is InChI=1S/C36H34O6/c1-5-20-39-33-18-14-27(24-35(33)41-22-7-3)12-16-31(37)29-10-9-11-30(26-29)32(38)17-13-28-15-19-34(40-21-6-2)36(25-28)42-23-8-4/h5-19,24-26H,1-4,20-23H2/b16-12+,17-13+. The molecule has 214 valence electrons. The Balaban J connectivity index is 1.73.